The van der Waals surface area contributed by atoms with Gasteiger partial charge in [-0.25, -0.2) is 9.37 Å². The number of benzene rings is 2. The number of H-pyrrole nitrogens is 1. The van der Waals surface area contributed by atoms with E-state index in [1.165, 1.54) is 6.07 Å². The van der Waals surface area contributed by atoms with Gasteiger partial charge in [-0.05, 0) is 60.2 Å². The second-order valence-corrected chi connectivity index (χ2v) is 9.58. The van der Waals surface area contributed by atoms with Gasteiger partial charge in [0.25, 0.3) is 5.91 Å². The Hall–Kier alpha value is -3.84. The summed E-state index contributed by atoms with van der Waals surface area (Å²) in [5, 5.41) is 0.786. The monoisotopic (exact) mass is 499 g/mol. The van der Waals surface area contributed by atoms with Crippen LogP contribution in [0.1, 0.15) is 58.4 Å². The fourth-order valence-electron chi connectivity index (χ4n) is 4.83. The van der Waals surface area contributed by atoms with Crippen LogP contribution in [0.2, 0.25) is 0 Å². The zero-order chi connectivity index (χ0) is 25.8. The van der Waals surface area contributed by atoms with Gasteiger partial charge < -0.3 is 14.6 Å². The van der Waals surface area contributed by atoms with E-state index in [2.05, 4.69) is 16.9 Å². The standard InChI is InChI=1S/C30H30FN3O3/c1-20(23-5-3-6-25(31)16-23)4-2-7-28(35)27-19-33-29-26(27)17-24(18-32-29)21-8-10-22(11-9-21)30(36)34-12-14-37-15-13-34/h3,5-6,8-11,16-20H,2,4,7,12-15H2,1H3,(H,32,33)/t20-/m1/s1. The number of rotatable bonds is 8. The summed E-state index contributed by atoms with van der Waals surface area (Å²) in [6, 6.07) is 16.1. The Morgan fingerprint density at radius 3 is 2.62 bits per heavy atom. The third-order valence-corrected chi connectivity index (χ3v) is 7.05. The number of halogens is 1. The molecule has 0 saturated carbocycles. The first-order valence-corrected chi connectivity index (χ1v) is 12.7. The molecular weight excluding hydrogens is 469 g/mol. The van der Waals surface area contributed by atoms with Gasteiger partial charge in [-0.15, -0.1) is 0 Å². The Balaban J connectivity index is 1.26. The summed E-state index contributed by atoms with van der Waals surface area (Å²) in [5.41, 5.74) is 4.69. The molecule has 0 unspecified atom stereocenters. The molecular formula is C30H30FN3O3. The van der Waals surface area contributed by atoms with E-state index in [0.29, 0.717) is 49.5 Å². The molecule has 0 aliphatic carbocycles. The topological polar surface area (TPSA) is 75.3 Å². The number of carbonyl (C=O) groups is 2. The number of nitrogens with zero attached hydrogens (tertiary/aromatic N) is 2. The van der Waals surface area contributed by atoms with Gasteiger partial charge >= 0.3 is 0 Å². The highest BCUT2D eigenvalue weighted by atomic mass is 19.1. The number of morpholine rings is 1. The zero-order valence-corrected chi connectivity index (χ0v) is 20.9. The summed E-state index contributed by atoms with van der Waals surface area (Å²) < 4.78 is 18.8. The summed E-state index contributed by atoms with van der Waals surface area (Å²) in [5.74, 6) is 0.00969. The number of pyridine rings is 1. The fourth-order valence-corrected chi connectivity index (χ4v) is 4.83. The van der Waals surface area contributed by atoms with Gasteiger partial charge in [-0.1, -0.05) is 31.2 Å². The van der Waals surface area contributed by atoms with Crippen molar-refractivity contribution in [1.29, 1.82) is 0 Å². The van der Waals surface area contributed by atoms with Crippen molar-refractivity contribution < 1.29 is 18.7 Å². The van der Waals surface area contributed by atoms with Crippen LogP contribution in [0.3, 0.4) is 0 Å². The van der Waals surface area contributed by atoms with Crippen LogP contribution in [0.5, 0.6) is 0 Å². The van der Waals surface area contributed by atoms with Crippen LogP contribution in [0.25, 0.3) is 22.2 Å². The van der Waals surface area contributed by atoms with Gasteiger partial charge in [0.2, 0.25) is 0 Å². The lowest BCUT2D eigenvalue weighted by molar-refractivity contribution is 0.0303. The molecule has 7 heteroatoms. The number of nitrogens with one attached hydrogen (secondary N) is 1. The van der Waals surface area contributed by atoms with Crippen molar-refractivity contribution in [3.63, 3.8) is 0 Å². The van der Waals surface area contributed by atoms with Gasteiger partial charge in [-0.3, -0.25) is 9.59 Å². The third kappa shape index (κ3) is 5.62. The summed E-state index contributed by atoms with van der Waals surface area (Å²) in [6.07, 6.45) is 5.43. The molecule has 190 valence electrons. The maximum Gasteiger partial charge on any atom is 0.254 e. The Bertz CT molecular complexity index is 1410. The molecule has 1 N–H and O–H groups in total. The quantitative estimate of drug-likeness (QED) is 0.302. The van der Waals surface area contributed by atoms with Gasteiger partial charge in [0.1, 0.15) is 11.5 Å². The Kier molecular flexibility index (Phi) is 7.42. The van der Waals surface area contributed by atoms with E-state index in [0.717, 1.165) is 34.9 Å². The van der Waals surface area contributed by atoms with Gasteiger partial charge in [0, 0.05) is 54.0 Å². The van der Waals surface area contributed by atoms with E-state index in [1.807, 2.05) is 41.3 Å². The van der Waals surface area contributed by atoms with E-state index in [4.69, 9.17) is 4.74 Å². The molecule has 2 aromatic heterocycles. The van der Waals surface area contributed by atoms with Crippen molar-refractivity contribution in [3.05, 3.63) is 89.5 Å². The number of carbonyl (C=O) groups excluding carboxylic acids is 2. The van der Waals surface area contributed by atoms with Crippen LogP contribution in [-0.4, -0.2) is 52.9 Å². The summed E-state index contributed by atoms with van der Waals surface area (Å²) in [6.45, 7) is 4.41. The second kappa shape index (κ2) is 11.0. The number of ether oxygens (including phenoxy) is 1. The molecule has 1 amide bonds. The lowest BCUT2D eigenvalue weighted by Crippen LogP contribution is -2.40. The summed E-state index contributed by atoms with van der Waals surface area (Å²) in [4.78, 5) is 35.2. The van der Waals surface area contributed by atoms with Gasteiger partial charge in [0.15, 0.2) is 5.78 Å². The van der Waals surface area contributed by atoms with E-state index in [9.17, 15) is 14.0 Å². The first kappa shape index (κ1) is 24.8. The van der Waals surface area contributed by atoms with Crippen LogP contribution < -0.4 is 0 Å². The minimum atomic E-state index is -0.235. The van der Waals surface area contributed by atoms with Gasteiger partial charge in [-0.2, -0.15) is 0 Å². The predicted molar refractivity (Wildman–Crippen MR) is 141 cm³/mol. The summed E-state index contributed by atoms with van der Waals surface area (Å²) >= 11 is 0. The number of Topliss-reactive ketones (excluding diaryl/α,β-unsaturated/α-hetero) is 1. The van der Waals surface area contributed by atoms with Crippen molar-refractivity contribution in [2.24, 2.45) is 0 Å². The van der Waals surface area contributed by atoms with Crippen LogP contribution in [-0.2, 0) is 4.74 Å². The van der Waals surface area contributed by atoms with Crippen molar-refractivity contribution in [2.75, 3.05) is 26.3 Å². The number of aromatic nitrogens is 2. The van der Waals surface area contributed by atoms with E-state index >= 15 is 0 Å². The smallest absolute Gasteiger partial charge is 0.254 e. The predicted octanol–water partition coefficient (Wildman–Crippen LogP) is 6.00. The fraction of sp³-hybridized carbons (Fsp3) is 0.300. The number of ketones is 1. The Morgan fingerprint density at radius 2 is 1.86 bits per heavy atom. The minimum Gasteiger partial charge on any atom is -0.378 e. The maximum atomic E-state index is 13.5. The molecule has 37 heavy (non-hydrogen) atoms. The van der Waals surface area contributed by atoms with Crippen LogP contribution >= 0.6 is 0 Å². The van der Waals surface area contributed by atoms with E-state index in [-0.39, 0.29) is 23.4 Å². The number of fused-ring (bicyclic) bond motifs is 1. The highest BCUT2D eigenvalue weighted by Crippen LogP contribution is 2.27. The van der Waals surface area contributed by atoms with Crippen molar-refractivity contribution in [1.82, 2.24) is 14.9 Å². The van der Waals surface area contributed by atoms with Crippen molar-refractivity contribution >= 4 is 22.7 Å². The number of hydrogen-bond donors (Lipinski definition) is 1. The first-order chi connectivity index (χ1) is 18.0. The molecule has 1 atom stereocenters. The molecule has 2 aromatic carbocycles. The average molecular weight is 500 g/mol. The molecule has 4 aromatic rings. The molecule has 0 bridgehead atoms. The zero-order valence-electron chi connectivity index (χ0n) is 20.9. The largest absolute Gasteiger partial charge is 0.378 e. The lowest BCUT2D eigenvalue weighted by Gasteiger charge is -2.26. The molecule has 0 radical (unpaired) electrons. The highest BCUT2D eigenvalue weighted by molar-refractivity contribution is 6.07. The number of amides is 1. The molecule has 1 aliphatic heterocycles. The Labute approximate surface area is 215 Å². The summed E-state index contributed by atoms with van der Waals surface area (Å²) in [7, 11) is 0. The number of aromatic amines is 1. The van der Waals surface area contributed by atoms with Gasteiger partial charge in [0.05, 0.1) is 13.2 Å². The maximum absolute atomic E-state index is 13.5. The van der Waals surface area contributed by atoms with E-state index in [1.54, 1.807) is 24.5 Å². The molecule has 6 nitrogen and oxygen atoms in total. The average Bonchev–Trinajstić information content (AvgIpc) is 3.36. The van der Waals surface area contributed by atoms with Crippen LogP contribution in [0, 0.1) is 5.82 Å². The number of hydrogen-bond acceptors (Lipinski definition) is 4. The van der Waals surface area contributed by atoms with Crippen molar-refractivity contribution in [2.45, 2.75) is 32.1 Å². The normalized spacial score (nSPS) is 14.6. The van der Waals surface area contributed by atoms with Crippen molar-refractivity contribution in [3.8, 4) is 11.1 Å². The van der Waals surface area contributed by atoms with Crippen LogP contribution in [0.15, 0.2) is 67.0 Å². The molecule has 1 saturated heterocycles. The molecule has 5 rings (SSSR count). The molecule has 0 spiro atoms. The molecule has 3 heterocycles. The molecule has 1 aliphatic rings. The lowest BCUT2D eigenvalue weighted by atomic mass is 9.94. The SMILES string of the molecule is C[C@H](CCCC(=O)c1c[nH]c2ncc(-c3ccc(C(=O)N4CCOCC4)cc3)cc12)c1cccc(F)c1. The first-order valence-electron chi connectivity index (χ1n) is 12.7. The molecule has 1 fully saturated rings. The van der Waals surface area contributed by atoms with Crippen LogP contribution in [0.4, 0.5) is 4.39 Å². The van der Waals surface area contributed by atoms with E-state index < -0.39 is 0 Å². The minimum absolute atomic E-state index is 0.00802. The second-order valence-electron chi connectivity index (χ2n) is 9.58. The Morgan fingerprint density at radius 1 is 1.08 bits per heavy atom. The highest BCUT2D eigenvalue weighted by Gasteiger charge is 2.19. The third-order valence-electron chi connectivity index (χ3n) is 7.05.